The molecule has 1 atom stereocenters. The quantitative estimate of drug-likeness (QED) is 0.734. The molecule has 0 aliphatic heterocycles. The van der Waals surface area contributed by atoms with Crippen LogP contribution in [0.4, 0.5) is 13.2 Å². The second-order valence-corrected chi connectivity index (χ2v) is 5.27. The van der Waals surface area contributed by atoms with E-state index in [1.54, 1.807) is 0 Å². The molecule has 0 spiro atoms. The van der Waals surface area contributed by atoms with Crippen LogP contribution in [0, 0.1) is 6.92 Å². The van der Waals surface area contributed by atoms with Gasteiger partial charge in [-0.05, 0) is 50.3 Å². The summed E-state index contributed by atoms with van der Waals surface area (Å²) in [4.78, 5) is 0. The Balaban J connectivity index is 2.49. The van der Waals surface area contributed by atoms with E-state index in [4.69, 9.17) is 0 Å². The normalized spacial score (nSPS) is 13.4. The maximum atomic E-state index is 12.3. The van der Waals surface area contributed by atoms with E-state index in [2.05, 4.69) is 11.4 Å². The van der Waals surface area contributed by atoms with Gasteiger partial charge in [0.25, 0.3) is 0 Å². The highest BCUT2D eigenvalue weighted by Gasteiger charge is 2.28. The van der Waals surface area contributed by atoms with E-state index in [9.17, 15) is 13.2 Å². The van der Waals surface area contributed by atoms with Crippen molar-refractivity contribution < 1.29 is 13.2 Å². The van der Waals surface area contributed by atoms with E-state index in [1.807, 2.05) is 32.0 Å². The third kappa shape index (κ3) is 6.94. The SMILES string of the molecule is CCCNC(CCc1ccccc1C)CCC(F)(F)F. The summed E-state index contributed by atoms with van der Waals surface area (Å²) in [5.74, 6) is 0. The molecule has 0 bridgehead atoms. The highest BCUT2D eigenvalue weighted by molar-refractivity contribution is 5.25. The van der Waals surface area contributed by atoms with Crippen molar-refractivity contribution in [2.45, 2.75) is 58.2 Å². The van der Waals surface area contributed by atoms with Gasteiger partial charge in [0.2, 0.25) is 0 Å². The van der Waals surface area contributed by atoms with E-state index in [-0.39, 0.29) is 12.5 Å². The van der Waals surface area contributed by atoms with Gasteiger partial charge >= 0.3 is 6.18 Å². The Hall–Kier alpha value is -1.03. The molecule has 1 aromatic carbocycles. The lowest BCUT2D eigenvalue weighted by Crippen LogP contribution is -2.31. The Morgan fingerprint density at radius 1 is 1.15 bits per heavy atom. The maximum Gasteiger partial charge on any atom is 0.389 e. The van der Waals surface area contributed by atoms with Gasteiger partial charge in [-0.1, -0.05) is 31.2 Å². The molecule has 0 heterocycles. The number of aryl methyl sites for hydroxylation is 2. The number of alkyl halides is 3. The predicted octanol–water partition coefficient (Wildman–Crippen LogP) is 4.64. The standard InChI is InChI=1S/C16H24F3N/c1-3-12-20-15(10-11-16(17,18)19)9-8-14-7-5-4-6-13(14)2/h4-7,15,20H,3,8-12H2,1-2H3. The lowest BCUT2D eigenvalue weighted by atomic mass is 9.98. The Labute approximate surface area is 119 Å². The van der Waals surface area contributed by atoms with Crippen molar-refractivity contribution in [2.75, 3.05) is 6.54 Å². The van der Waals surface area contributed by atoms with Crippen LogP contribution in [-0.2, 0) is 6.42 Å². The fraction of sp³-hybridized carbons (Fsp3) is 0.625. The molecule has 20 heavy (non-hydrogen) atoms. The van der Waals surface area contributed by atoms with Gasteiger partial charge in [-0.15, -0.1) is 0 Å². The van der Waals surface area contributed by atoms with Crippen molar-refractivity contribution in [3.63, 3.8) is 0 Å². The van der Waals surface area contributed by atoms with Crippen LogP contribution in [0.25, 0.3) is 0 Å². The molecular formula is C16H24F3N. The molecule has 0 aliphatic rings. The fourth-order valence-electron chi connectivity index (χ4n) is 2.26. The van der Waals surface area contributed by atoms with Crippen LogP contribution in [0.2, 0.25) is 0 Å². The monoisotopic (exact) mass is 287 g/mol. The van der Waals surface area contributed by atoms with Crippen LogP contribution in [0.5, 0.6) is 0 Å². The Kier molecular flexibility index (Phi) is 7.06. The number of hydrogen-bond acceptors (Lipinski definition) is 1. The van der Waals surface area contributed by atoms with Gasteiger partial charge in [0.1, 0.15) is 0 Å². The molecule has 0 amide bonds. The largest absolute Gasteiger partial charge is 0.389 e. The predicted molar refractivity (Wildman–Crippen MR) is 76.9 cm³/mol. The lowest BCUT2D eigenvalue weighted by Gasteiger charge is -2.20. The highest BCUT2D eigenvalue weighted by atomic mass is 19.4. The Bertz CT molecular complexity index is 388. The van der Waals surface area contributed by atoms with Gasteiger partial charge in [-0.3, -0.25) is 0 Å². The van der Waals surface area contributed by atoms with E-state index in [0.29, 0.717) is 0 Å². The summed E-state index contributed by atoms with van der Waals surface area (Å²) >= 11 is 0. The number of nitrogens with one attached hydrogen (secondary N) is 1. The van der Waals surface area contributed by atoms with Gasteiger partial charge in [0.05, 0.1) is 0 Å². The van der Waals surface area contributed by atoms with Crippen LogP contribution >= 0.6 is 0 Å². The summed E-state index contributed by atoms with van der Waals surface area (Å²) < 4.78 is 37.0. The van der Waals surface area contributed by atoms with E-state index in [1.165, 1.54) is 11.1 Å². The molecule has 1 unspecified atom stereocenters. The summed E-state index contributed by atoms with van der Waals surface area (Å²) in [6.07, 6.45) is -2.09. The van der Waals surface area contributed by atoms with E-state index in [0.717, 1.165) is 25.8 Å². The minimum absolute atomic E-state index is 0.0591. The molecular weight excluding hydrogens is 263 g/mol. The second kappa shape index (κ2) is 8.30. The number of rotatable bonds is 8. The zero-order valence-electron chi connectivity index (χ0n) is 12.3. The van der Waals surface area contributed by atoms with Crippen LogP contribution in [0.3, 0.4) is 0 Å². The zero-order valence-corrected chi connectivity index (χ0v) is 12.3. The summed E-state index contributed by atoms with van der Waals surface area (Å²) in [6.45, 7) is 4.84. The zero-order chi connectivity index (χ0) is 15.0. The topological polar surface area (TPSA) is 12.0 Å². The van der Waals surface area contributed by atoms with Crippen molar-refractivity contribution in [2.24, 2.45) is 0 Å². The molecule has 1 nitrogen and oxygen atoms in total. The average molecular weight is 287 g/mol. The van der Waals surface area contributed by atoms with Crippen molar-refractivity contribution in [1.29, 1.82) is 0 Å². The molecule has 0 aliphatic carbocycles. The highest BCUT2D eigenvalue weighted by Crippen LogP contribution is 2.23. The van der Waals surface area contributed by atoms with Crippen LogP contribution in [-0.4, -0.2) is 18.8 Å². The van der Waals surface area contributed by atoms with Crippen molar-refractivity contribution in [3.05, 3.63) is 35.4 Å². The molecule has 0 radical (unpaired) electrons. The molecule has 0 saturated carbocycles. The van der Waals surface area contributed by atoms with Gasteiger partial charge in [0.15, 0.2) is 0 Å². The van der Waals surface area contributed by atoms with Crippen LogP contribution < -0.4 is 5.32 Å². The first-order valence-electron chi connectivity index (χ1n) is 7.27. The van der Waals surface area contributed by atoms with Gasteiger partial charge < -0.3 is 5.32 Å². The van der Waals surface area contributed by atoms with Crippen molar-refractivity contribution in [3.8, 4) is 0 Å². The minimum Gasteiger partial charge on any atom is -0.314 e. The number of halogens is 3. The fourth-order valence-corrected chi connectivity index (χ4v) is 2.26. The summed E-state index contributed by atoms with van der Waals surface area (Å²) in [5.41, 5.74) is 2.43. The molecule has 1 rings (SSSR count). The molecule has 114 valence electrons. The Morgan fingerprint density at radius 3 is 2.45 bits per heavy atom. The van der Waals surface area contributed by atoms with Crippen molar-refractivity contribution in [1.82, 2.24) is 5.32 Å². The minimum atomic E-state index is -4.06. The van der Waals surface area contributed by atoms with Gasteiger partial charge in [0, 0.05) is 12.5 Å². The molecule has 0 fully saturated rings. The van der Waals surface area contributed by atoms with E-state index >= 15 is 0 Å². The first-order valence-corrected chi connectivity index (χ1v) is 7.27. The average Bonchev–Trinajstić information content (AvgIpc) is 2.38. The Morgan fingerprint density at radius 2 is 1.85 bits per heavy atom. The second-order valence-electron chi connectivity index (χ2n) is 5.27. The summed E-state index contributed by atoms with van der Waals surface area (Å²) in [7, 11) is 0. The number of benzene rings is 1. The molecule has 0 saturated heterocycles. The van der Waals surface area contributed by atoms with Crippen LogP contribution in [0.15, 0.2) is 24.3 Å². The lowest BCUT2D eigenvalue weighted by molar-refractivity contribution is -0.136. The maximum absolute atomic E-state index is 12.3. The number of hydrogen-bond donors (Lipinski definition) is 1. The van der Waals surface area contributed by atoms with Crippen LogP contribution in [0.1, 0.15) is 43.7 Å². The van der Waals surface area contributed by atoms with Crippen molar-refractivity contribution >= 4 is 0 Å². The first-order chi connectivity index (χ1) is 9.42. The molecule has 1 N–H and O–H groups in total. The van der Waals surface area contributed by atoms with Gasteiger partial charge in [-0.2, -0.15) is 13.2 Å². The summed E-state index contributed by atoms with van der Waals surface area (Å²) in [5, 5.41) is 3.23. The molecule has 4 heteroatoms. The summed E-state index contributed by atoms with van der Waals surface area (Å²) in [6, 6.07) is 7.99. The first kappa shape index (κ1) is 17.0. The van der Waals surface area contributed by atoms with E-state index < -0.39 is 12.6 Å². The third-order valence-electron chi connectivity index (χ3n) is 3.48. The third-order valence-corrected chi connectivity index (χ3v) is 3.48. The molecule has 1 aromatic rings. The molecule has 0 aromatic heterocycles. The van der Waals surface area contributed by atoms with Gasteiger partial charge in [-0.25, -0.2) is 0 Å². The smallest absolute Gasteiger partial charge is 0.314 e.